The summed E-state index contributed by atoms with van der Waals surface area (Å²) in [6.07, 6.45) is 11.4. The highest BCUT2D eigenvalue weighted by atomic mass is 35.5. The topological polar surface area (TPSA) is 64.1 Å². The van der Waals surface area contributed by atoms with Crippen LogP contribution in [0.1, 0.15) is 43.5 Å². The molecule has 2 rings (SSSR count). The van der Waals surface area contributed by atoms with E-state index in [1.165, 1.54) is 5.54 Å². The quantitative estimate of drug-likeness (QED) is 0.489. The van der Waals surface area contributed by atoms with Gasteiger partial charge in [0, 0.05) is 49.2 Å². The smallest absolute Gasteiger partial charge is 0.247 e. The zero-order valence-electron chi connectivity index (χ0n) is 16.3. The van der Waals surface area contributed by atoms with Gasteiger partial charge in [-0.25, -0.2) is 9.97 Å². The Kier molecular flexibility index (Phi) is 9.68. The number of nitrogens with one attached hydrogen (secondary N) is 1. The molecule has 1 aliphatic heterocycles. The Bertz CT molecular complexity index is 724. The lowest BCUT2D eigenvalue weighted by Gasteiger charge is -2.30. The fraction of sp³-hybridized carbons (Fsp3) is 0.476. The van der Waals surface area contributed by atoms with Crippen molar-refractivity contribution in [3.63, 3.8) is 0 Å². The number of aryl methyl sites for hydroxylation is 1. The molecule has 1 N–H and O–H groups in total. The van der Waals surface area contributed by atoms with Crippen LogP contribution < -0.4 is 5.32 Å². The largest absolute Gasteiger partial charge is 0.381 e. The van der Waals surface area contributed by atoms with Gasteiger partial charge in [0.15, 0.2) is 0 Å². The van der Waals surface area contributed by atoms with E-state index in [0.717, 1.165) is 37.4 Å². The van der Waals surface area contributed by atoms with Crippen LogP contribution in [0.25, 0.3) is 0 Å². The third-order valence-corrected chi connectivity index (χ3v) is 5.46. The molecular weight excluding hydrogens is 397 g/mol. The van der Waals surface area contributed by atoms with Gasteiger partial charge in [-0.2, -0.15) is 0 Å². The predicted octanol–water partition coefficient (Wildman–Crippen LogP) is 4.62. The van der Waals surface area contributed by atoms with Crippen molar-refractivity contribution < 1.29 is 9.53 Å². The second kappa shape index (κ2) is 12.0. The van der Waals surface area contributed by atoms with Crippen molar-refractivity contribution in [2.24, 2.45) is 5.92 Å². The summed E-state index contributed by atoms with van der Waals surface area (Å²) in [4.78, 5) is 21.3. The van der Waals surface area contributed by atoms with Crippen molar-refractivity contribution >= 4 is 29.1 Å². The van der Waals surface area contributed by atoms with Gasteiger partial charge in [-0.1, -0.05) is 42.3 Å². The summed E-state index contributed by atoms with van der Waals surface area (Å²) >= 11 is 11.4. The molecule has 7 heteroatoms. The zero-order chi connectivity index (χ0) is 20.4. The van der Waals surface area contributed by atoms with Crippen LogP contribution in [-0.4, -0.2) is 35.6 Å². The van der Waals surface area contributed by atoms with Crippen LogP contribution in [0.3, 0.4) is 0 Å². The standard InChI is InChI=1S/C21H27Cl2N3O2/c1-3-16(5-4-6-19(23)11-22)21(27)26-14-20(17-7-9-28-10-8-17)18-12-24-15(2)25-13-18/h4-6,11-13,17,20H,3,7-10,14H2,1-2H3,(H,26,27)/b6-4-,16-5+,19-11-. The lowest BCUT2D eigenvalue weighted by molar-refractivity contribution is -0.117. The first-order chi connectivity index (χ1) is 13.5. The molecule has 1 unspecified atom stereocenters. The Hall–Kier alpha value is -1.69. The molecule has 0 aliphatic carbocycles. The summed E-state index contributed by atoms with van der Waals surface area (Å²) < 4.78 is 5.50. The van der Waals surface area contributed by atoms with Gasteiger partial charge in [0.25, 0.3) is 0 Å². The van der Waals surface area contributed by atoms with Crippen LogP contribution in [0.15, 0.2) is 46.8 Å². The fourth-order valence-electron chi connectivity index (χ4n) is 3.23. The van der Waals surface area contributed by atoms with Crippen molar-refractivity contribution in [3.8, 4) is 0 Å². The summed E-state index contributed by atoms with van der Waals surface area (Å²) in [6, 6.07) is 0. The molecule has 1 aromatic heterocycles. The Morgan fingerprint density at radius 3 is 2.64 bits per heavy atom. The summed E-state index contributed by atoms with van der Waals surface area (Å²) in [7, 11) is 0. The predicted molar refractivity (Wildman–Crippen MR) is 113 cm³/mol. The fourth-order valence-corrected chi connectivity index (χ4v) is 3.38. The van der Waals surface area contributed by atoms with E-state index in [9.17, 15) is 4.79 Å². The molecular formula is C21H27Cl2N3O2. The van der Waals surface area contributed by atoms with Crippen molar-refractivity contribution in [3.05, 3.63) is 58.2 Å². The third kappa shape index (κ3) is 7.04. The van der Waals surface area contributed by atoms with Crippen LogP contribution in [0.5, 0.6) is 0 Å². The second-order valence-corrected chi connectivity index (χ2v) is 7.38. The minimum Gasteiger partial charge on any atom is -0.381 e. The number of amides is 1. The summed E-state index contributed by atoms with van der Waals surface area (Å²) in [6.45, 7) is 5.86. The number of carbonyl (C=O) groups is 1. The number of halogens is 2. The molecule has 1 atom stereocenters. The molecule has 0 saturated carbocycles. The maximum Gasteiger partial charge on any atom is 0.247 e. The van der Waals surface area contributed by atoms with Gasteiger partial charge < -0.3 is 10.1 Å². The Balaban J connectivity index is 2.08. The number of nitrogens with zero attached hydrogens (tertiary/aromatic N) is 2. The van der Waals surface area contributed by atoms with Crippen LogP contribution in [0, 0.1) is 12.8 Å². The van der Waals surface area contributed by atoms with E-state index in [-0.39, 0.29) is 11.8 Å². The highest BCUT2D eigenvalue weighted by molar-refractivity contribution is 6.37. The molecule has 1 aliphatic rings. The van der Waals surface area contributed by atoms with E-state index in [4.69, 9.17) is 27.9 Å². The molecule has 1 aromatic rings. The van der Waals surface area contributed by atoms with Gasteiger partial charge in [0.2, 0.25) is 5.91 Å². The van der Waals surface area contributed by atoms with E-state index in [0.29, 0.717) is 29.5 Å². The monoisotopic (exact) mass is 423 g/mol. The lowest BCUT2D eigenvalue weighted by atomic mass is 9.82. The van der Waals surface area contributed by atoms with Crippen molar-refractivity contribution in [1.82, 2.24) is 15.3 Å². The first-order valence-corrected chi connectivity index (χ1v) is 10.3. The molecule has 1 fully saturated rings. The van der Waals surface area contributed by atoms with Gasteiger partial charge in [-0.15, -0.1) is 0 Å². The minimum absolute atomic E-state index is 0.0804. The molecule has 0 bridgehead atoms. The minimum atomic E-state index is -0.0804. The summed E-state index contributed by atoms with van der Waals surface area (Å²) in [5.74, 6) is 1.26. The highest BCUT2D eigenvalue weighted by Gasteiger charge is 2.26. The Labute approximate surface area is 176 Å². The number of allylic oxidation sites excluding steroid dienone is 4. The zero-order valence-corrected chi connectivity index (χ0v) is 17.8. The Morgan fingerprint density at radius 1 is 1.36 bits per heavy atom. The molecule has 2 heterocycles. The molecule has 0 radical (unpaired) electrons. The number of aromatic nitrogens is 2. The van der Waals surface area contributed by atoms with Crippen LogP contribution >= 0.6 is 23.2 Å². The van der Waals surface area contributed by atoms with Gasteiger partial charge in [0.1, 0.15) is 5.82 Å². The lowest BCUT2D eigenvalue weighted by Crippen LogP contribution is -2.34. The van der Waals surface area contributed by atoms with E-state index >= 15 is 0 Å². The van der Waals surface area contributed by atoms with E-state index in [1.54, 1.807) is 18.2 Å². The number of hydrogen-bond acceptors (Lipinski definition) is 4. The van der Waals surface area contributed by atoms with E-state index in [1.807, 2.05) is 26.2 Å². The molecule has 5 nitrogen and oxygen atoms in total. The molecule has 0 spiro atoms. The average Bonchev–Trinajstić information content (AvgIpc) is 2.73. The third-order valence-electron chi connectivity index (χ3n) is 4.88. The average molecular weight is 424 g/mol. The van der Waals surface area contributed by atoms with Crippen LogP contribution in [0.2, 0.25) is 0 Å². The number of carbonyl (C=O) groups excluding carboxylic acids is 1. The number of hydrogen-bond donors (Lipinski definition) is 1. The summed E-state index contributed by atoms with van der Waals surface area (Å²) in [5.41, 5.74) is 3.01. The van der Waals surface area contributed by atoms with Crippen molar-refractivity contribution in [2.45, 2.75) is 39.0 Å². The normalized spacial score (nSPS) is 17.7. The van der Waals surface area contributed by atoms with Crippen LogP contribution in [-0.2, 0) is 9.53 Å². The second-order valence-electron chi connectivity index (χ2n) is 6.73. The maximum absolute atomic E-state index is 12.6. The maximum atomic E-state index is 12.6. The molecule has 0 aromatic carbocycles. The Morgan fingerprint density at radius 2 is 2.04 bits per heavy atom. The first kappa shape index (κ1) is 22.6. The van der Waals surface area contributed by atoms with Gasteiger partial charge in [-0.05, 0) is 43.7 Å². The van der Waals surface area contributed by atoms with Crippen molar-refractivity contribution in [1.29, 1.82) is 0 Å². The van der Waals surface area contributed by atoms with Gasteiger partial charge in [-0.3, -0.25) is 4.79 Å². The highest BCUT2D eigenvalue weighted by Crippen LogP contribution is 2.31. The van der Waals surface area contributed by atoms with Gasteiger partial charge >= 0.3 is 0 Å². The molecule has 28 heavy (non-hydrogen) atoms. The van der Waals surface area contributed by atoms with Crippen molar-refractivity contribution in [2.75, 3.05) is 19.8 Å². The number of ether oxygens (including phenoxy) is 1. The summed E-state index contributed by atoms with van der Waals surface area (Å²) in [5, 5.41) is 3.50. The van der Waals surface area contributed by atoms with Gasteiger partial charge in [0.05, 0.1) is 5.03 Å². The molecule has 152 valence electrons. The van der Waals surface area contributed by atoms with E-state index < -0.39 is 0 Å². The van der Waals surface area contributed by atoms with E-state index in [2.05, 4.69) is 15.3 Å². The number of rotatable bonds is 8. The SMILES string of the molecule is CC\C(=C/C=C\C(Cl)=C\Cl)C(=O)NCC(c1cnc(C)nc1)C1CCOCC1. The molecule has 1 amide bonds. The molecule has 1 saturated heterocycles. The first-order valence-electron chi connectivity index (χ1n) is 9.52. The van der Waals surface area contributed by atoms with Crippen LogP contribution in [0.4, 0.5) is 0 Å².